The SMILES string of the molecule is O=C(O)C[n+]1ccc(/C=C/c2ccc(N(c3ccccc3)c3ccccc3)cc2)cc1. The molecule has 0 spiro atoms. The number of hydrogen-bond acceptors (Lipinski definition) is 2. The number of pyridine rings is 1. The van der Waals surface area contributed by atoms with Gasteiger partial charge in [-0.05, 0) is 47.5 Å². The zero-order valence-electron chi connectivity index (χ0n) is 17.0. The van der Waals surface area contributed by atoms with Gasteiger partial charge in [-0.3, -0.25) is 0 Å². The van der Waals surface area contributed by atoms with Crippen molar-refractivity contribution in [3.8, 4) is 0 Å². The van der Waals surface area contributed by atoms with Crippen molar-refractivity contribution in [2.45, 2.75) is 6.54 Å². The minimum Gasteiger partial charge on any atom is -0.477 e. The number of aliphatic carboxylic acids is 1. The highest BCUT2D eigenvalue weighted by Crippen LogP contribution is 2.34. The van der Waals surface area contributed by atoms with Gasteiger partial charge >= 0.3 is 5.97 Å². The monoisotopic (exact) mass is 407 g/mol. The van der Waals surface area contributed by atoms with Crippen molar-refractivity contribution in [3.63, 3.8) is 0 Å². The van der Waals surface area contributed by atoms with Gasteiger partial charge in [-0.1, -0.05) is 60.7 Å². The maximum absolute atomic E-state index is 10.8. The van der Waals surface area contributed by atoms with E-state index in [0.717, 1.165) is 28.2 Å². The Morgan fingerprint density at radius 3 is 1.61 bits per heavy atom. The predicted molar refractivity (Wildman–Crippen MR) is 124 cm³/mol. The smallest absolute Gasteiger partial charge is 0.370 e. The zero-order chi connectivity index (χ0) is 21.5. The molecule has 0 amide bonds. The van der Waals surface area contributed by atoms with E-state index in [1.54, 1.807) is 17.0 Å². The molecule has 1 aromatic heterocycles. The lowest BCUT2D eigenvalue weighted by Crippen LogP contribution is -2.36. The molecular formula is C27H23N2O2+. The van der Waals surface area contributed by atoms with E-state index in [1.165, 1.54) is 0 Å². The Balaban J connectivity index is 1.55. The standard InChI is InChI=1S/C27H22N2O2/c30-27(31)21-28-19-17-23(18-20-28)12-11-22-13-15-26(16-14-22)29(24-7-3-1-4-8-24)25-9-5-2-6-10-25/h1-20H,21H2/p+1. The van der Waals surface area contributed by atoms with E-state index in [2.05, 4.69) is 59.5 Å². The van der Waals surface area contributed by atoms with Gasteiger partial charge in [0, 0.05) is 29.2 Å². The Morgan fingerprint density at radius 2 is 1.13 bits per heavy atom. The molecule has 0 fully saturated rings. The van der Waals surface area contributed by atoms with Crippen LogP contribution in [0.2, 0.25) is 0 Å². The molecule has 0 aliphatic heterocycles. The minimum absolute atomic E-state index is 0.0369. The Hall–Kier alpha value is -4.18. The second-order valence-electron chi connectivity index (χ2n) is 7.13. The van der Waals surface area contributed by atoms with Gasteiger partial charge in [0.1, 0.15) is 0 Å². The zero-order valence-corrected chi connectivity index (χ0v) is 17.0. The molecule has 3 aromatic carbocycles. The fourth-order valence-corrected chi connectivity index (χ4v) is 3.37. The van der Waals surface area contributed by atoms with Crippen molar-refractivity contribution in [3.05, 3.63) is 121 Å². The molecule has 0 radical (unpaired) electrons. The van der Waals surface area contributed by atoms with Gasteiger partial charge in [0.15, 0.2) is 12.4 Å². The minimum atomic E-state index is -0.853. The molecule has 0 saturated heterocycles. The molecule has 1 N–H and O–H groups in total. The van der Waals surface area contributed by atoms with Gasteiger partial charge in [0.25, 0.3) is 0 Å². The number of hydrogen-bond donors (Lipinski definition) is 1. The first-order valence-corrected chi connectivity index (χ1v) is 10.1. The second kappa shape index (κ2) is 9.55. The van der Waals surface area contributed by atoms with E-state index in [0.29, 0.717) is 0 Å². The van der Waals surface area contributed by atoms with Crippen molar-refractivity contribution in [1.82, 2.24) is 0 Å². The highest BCUT2D eigenvalue weighted by molar-refractivity contribution is 5.78. The Labute approximate surface area is 182 Å². The fraction of sp³-hybridized carbons (Fsp3) is 0.0370. The lowest BCUT2D eigenvalue weighted by atomic mass is 10.1. The number of carboxylic acids is 1. The number of anilines is 3. The number of para-hydroxylation sites is 2. The van der Waals surface area contributed by atoms with E-state index < -0.39 is 5.97 Å². The molecule has 1 heterocycles. The van der Waals surface area contributed by atoms with E-state index in [4.69, 9.17) is 5.11 Å². The van der Waals surface area contributed by atoms with Crippen LogP contribution in [0.25, 0.3) is 12.2 Å². The third-order valence-electron chi connectivity index (χ3n) is 4.88. The van der Waals surface area contributed by atoms with E-state index >= 15 is 0 Å². The van der Waals surface area contributed by atoms with Gasteiger partial charge < -0.3 is 10.0 Å². The molecule has 0 unspecified atom stereocenters. The first-order valence-electron chi connectivity index (χ1n) is 10.1. The third kappa shape index (κ3) is 5.25. The first kappa shape index (κ1) is 20.1. The number of aromatic nitrogens is 1. The van der Waals surface area contributed by atoms with E-state index in [-0.39, 0.29) is 6.54 Å². The van der Waals surface area contributed by atoms with Crippen molar-refractivity contribution < 1.29 is 14.5 Å². The molecule has 31 heavy (non-hydrogen) atoms. The maximum Gasteiger partial charge on any atom is 0.370 e. The molecule has 4 rings (SSSR count). The Morgan fingerprint density at radius 1 is 0.677 bits per heavy atom. The van der Waals surface area contributed by atoms with E-state index in [1.807, 2.05) is 54.6 Å². The second-order valence-corrected chi connectivity index (χ2v) is 7.13. The van der Waals surface area contributed by atoms with Crippen LogP contribution in [0.5, 0.6) is 0 Å². The number of carbonyl (C=O) groups is 1. The van der Waals surface area contributed by atoms with Gasteiger partial charge in [-0.2, -0.15) is 4.57 Å². The summed E-state index contributed by atoms with van der Waals surface area (Å²) >= 11 is 0. The van der Waals surface area contributed by atoms with Gasteiger partial charge in [-0.25, -0.2) is 4.79 Å². The normalized spacial score (nSPS) is 10.8. The largest absolute Gasteiger partial charge is 0.477 e. The average molecular weight is 407 g/mol. The quantitative estimate of drug-likeness (QED) is 0.400. The number of benzene rings is 3. The van der Waals surface area contributed by atoms with Gasteiger partial charge in [0.05, 0.1) is 0 Å². The summed E-state index contributed by atoms with van der Waals surface area (Å²) in [5.74, 6) is -0.853. The van der Waals surface area contributed by atoms with Crippen molar-refractivity contribution in [2.24, 2.45) is 0 Å². The van der Waals surface area contributed by atoms with Crippen LogP contribution in [0, 0.1) is 0 Å². The molecule has 0 aliphatic rings. The summed E-state index contributed by atoms with van der Waals surface area (Å²) in [6.07, 6.45) is 7.62. The topological polar surface area (TPSA) is 44.4 Å². The highest BCUT2D eigenvalue weighted by atomic mass is 16.4. The summed E-state index contributed by atoms with van der Waals surface area (Å²) in [4.78, 5) is 13.0. The molecule has 4 nitrogen and oxygen atoms in total. The first-order chi connectivity index (χ1) is 15.2. The fourth-order valence-electron chi connectivity index (χ4n) is 3.37. The van der Waals surface area contributed by atoms with Crippen LogP contribution >= 0.6 is 0 Å². The molecule has 4 aromatic rings. The predicted octanol–water partition coefficient (Wildman–Crippen LogP) is 5.70. The summed E-state index contributed by atoms with van der Waals surface area (Å²) < 4.78 is 1.64. The molecule has 0 bridgehead atoms. The Bertz CT molecular complexity index is 1110. The molecule has 0 atom stereocenters. The summed E-state index contributed by atoms with van der Waals surface area (Å²) in [6.45, 7) is -0.0369. The van der Waals surface area contributed by atoms with Crippen LogP contribution in [0.15, 0.2) is 109 Å². The third-order valence-corrected chi connectivity index (χ3v) is 4.88. The molecular weight excluding hydrogens is 384 g/mol. The lowest BCUT2D eigenvalue weighted by Gasteiger charge is -2.25. The summed E-state index contributed by atoms with van der Waals surface area (Å²) in [5, 5.41) is 8.86. The number of nitrogens with zero attached hydrogens (tertiary/aromatic N) is 2. The highest BCUT2D eigenvalue weighted by Gasteiger charge is 2.11. The molecule has 0 saturated carbocycles. The van der Waals surface area contributed by atoms with Gasteiger partial charge in [0.2, 0.25) is 6.54 Å². The summed E-state index contributed by atoms with van der Waals surface area (Å²) in [5.41, 5.74) is 5.41. The van der Waals surface area contributed by atoms with Crippen molar-refractivity contribution in [2.75, 3.05) is 4.90 Å². The number of carboxylic acid groups (broad SMARTS) is 1. The summed E-state index contributed by atoms with van der Waals surface area (Å²) in [7, 11) is 0. The molecule has 0 aliphatic carbocycles. The van der Waals surface area contributed by atoms with Crippen LogP contribution < -0.4 is 9.47 Å². The average Bonchev–Trinajstić information content (AvgIpc) is 2.81. The Kier molecular flexibility index (Phi) is 6.19. The number of rotatable bonds is 7. The molecule has 152 valence electrons. The lowest BCUT2D eigenvalue weighted by molar-refractivity contribution is -0.685. The maximum atomic E-state index is 10.8. The van der Waals surface area contributed by atoms with Crippen LogP contribution in [0.3, 0.4) is 0 Å². The molecule has 4 heteroatoms. The van der Waals surface area contributed by atoms with Crippen LogP contribution in [0.1, 0.15) is 11.1 Å². The van der Waals surface area contributed by atoms with E-state index in [9.17, 15) is 4.79 Å². The van der Waals surface area contributed by atoms with Gasteiger partial charge in [-0.15, -0.1) is 0 Å². The van der Waals surface area contributed by atoms with Crippen LogP contribution in [-0.4, -0.2) is 11.1 Å². The van der Waals surface area contributed by atoms with Crippen molar-refractivity contribution >= 4 is 35.2 Å². The van der Waals surface area contributed by atoms with Crippen LogP contribution in [-0.2, 0) is 11.3 Å². The van der Waals surface area contributed by atoms with Crippen molar-refractivity contribution in [1.29, 1.82) is 0 Å². The summed E-state index contributed by atoms with van der Waals surface area (Å²) in [6, 6.07) is 32.9. The van der Waals surface area contributed by atoms with Crippen LogP contribution in [0.4, 0.5) is 17.1 Å².